The highest BCUT2D eigenvalue weighted by molar-refractivity contribution is 6.28. The van der Waals surface area contributed by atoms with Gasteiger partial charge in [0.1, 0.15) is 0 Å². The number of benzene rings is 1. The van der Waals surface area contributed by atoms with Crippen molar-refractivity contribution in [1.29, 1.82) is 0 Å². The van der Waals surface area contributed by atoms with Crippen molar-refractivity contribution < 1.29 is 14.4 Å². The fraction of sp³-hybridized carbons (Fsp3) is 0.214. The fourth-order valence-electron chi connectivity index (χ4n) is 1.88. The van der Waals surface area contributed by atoms with Crippen molar-refractivity contribution in [2.75, 3.05) is 18.0 Å². The Morgan fingerprint density at radius 2 is 1.70 bits per heavy atom. The maximum atomic E-state index is 11.5. The second-order valence-corrected chi connectivity index (χ2v) is 4.33. The molecule has 0 radical (unpaired) electrons. The van der Waals surface area contributed by atoms with Crippen LogP contribution in [-0.2, 0) is 20.8 Å². The normalized spacial score (nSPS) is 13.9. The molecule has 104 valence electrons. The van der Waals surface area contributed by atoms with E-state index in [0.717, 1.165) is 10.5 Å². The summed E-state index contributed by atoms with van der Waals surface area (Å²) in [7, 11) is 0. The minimum Gasteiger partial charge on any atom is -0.355 e. The van der Waals surface area contributed by atoms with Crippen LogP contribution in [0.5, 0.6) is 0 Å². The van der Waals surface area contributed by atoms with Gasteiger partial charge in [-0.05, 0) is 17.7 Å². The van der Waals surface area contributed by atoms with Crippen LogP contribution in [0.1, 0.15) is 5.56 Å². The predicted octanol–water partition coefficient (Wildman–Crippen LogP) is -0.267. The Morgan fingerprint density at radius 3 is 2.25 bits per heavy atom. The third kappa shape index (κ3) is 3.10. The number of carbonyl (C=O) groups excluding carboxylic acids is 3. The lowest BCUT2D eigenvalue weighted by Gasteiger charge is -2.14. The molecule has 20 heavy (non-hydrogen) atoms. The second-order valence-electron chi connectivity index (χ2n) is 4.33. The topological polar surface area (TPSA) is 92.5 Å². The van der Waals surface area contributed by atoms with Crippen molar-refractivity contribution in [3.05, 3.63) is 42.0 Å². The molecule has 0 aromatic heterocycles. The quantitative estimate of drug-likeness (QED) is 0.722. The van der Waals surface area contributed by atoms with Crippen molar-refractivity contribution in [3.8, 4) is 0 Å². The van der Waals surface area contributed by atoms with E-state index in [1.807, 2.05) is 0 Å². The summed E-state index contributed by atoms with van der Waals surface area (Å²) in [5.74, 6) is -0.829. The van der Waals surface area contributed by atoms with Gasteiger partial charge in [-0.15, -0.1) is 0 Å². The molecule has 3 amide bonds. The van der Waals surface area contributed by atoms with Crippen LogP contribution < -0.4 is 16.0 Å². The van der Waals surface area contributed by atoms with E-state index in [1.165, 1.54) is 12.2 Å². The van der Waals surface area contributed by atoms with E-state index in [-0.39, 0.29) is 24.1 Å². The molecule has 0 unspecified atom stereocenters. The highest BCUT2D eigenvalue weighted by atomic mass is 16.2. The van der Waals surface area contributed by atoms with E-state index in [0.29, 0.717) is 18.8 Å². The molecule has 0 fully saturated rings. The number of nitrogens with two attached hydrogens (primary N) is 1. The van der Waals surface area contributed by atoms with Gasteiger partial charge in [0, 0.05) is 25.2 Å². The van der Waals surface area contributed by atoms with E-state index >= 15 is 0 Å². The van der Waals surface area contributed by atoms with Crippen LogP contribution in [0.25, 0.3) is 0 Å². The average molecular weight is 273 g/mol. The van der Waals surface area contributed by atoms with E-state index in [4.69, 9.17) is 5.73 Å². The molecule has 0 saturated heterocycles. The first-order chi connectivity index (χ1) is 9.61. The van der Waals surface area contributed by atoms with Gasteiger partial charge in [0.2, 0.25) is 5.91 Å². The Morgan fingerprint density at radius 1 is 1.10 bits per heavy atom. The Balaban J connectivity index is 2.02. The summed E-state index contributed by atoms with van der Waals surface area (Å²) in [6.45, 7) is 0.843. The van der Waals surface area contributed by atoms with Gasteiger partial charge < -0.3 is 11.1 Å². The first-order valence-corrected chi connectivity index (χ1v) is 6.23. The van der Waals surface area contributed by atoms with Crippen LogP contribution in [-0.4, -0.2) is 30.8 Å². The van der Waals surface area contributed by atoms with Gasteiger partial charge in [0.05, 0.1) is 12.1 Å². The van der Waals surface area contributed by atoms with Gasteiger partial charge in [-0.3, -0.25) is 14.4 Å². The van der Waals surface area contributed by atoms with Crippen LogP contribution >= 0.6 is 0 Å². The first kappa shape index (κ1) is 14.0. The number of nitrogens with zero attached hydrogens (tertiary/aromatic N) is 1. The minimum absolute atomic E-state index is 0.113. The van der Waals surface area contributed by atoms with Crippen molar-refractivity contribution >= 4 is 23.4 Å². The van der Waals surface area contributed by atoms with Crippen LogP contribution in [0.4, 0.5) is 5.69 Å². The molecular weight excluding hydrogens is 258 g/mol. The number of imide groups is 1. The zero-order valence-corrected chi connectivity index (χ0v) is 10.8. The monoisotopic (exact) mass is 273 g/mol. The minimum atomic E-state index is -0.358. The molecule has 3 N–H and O–H groups in total. The third-order valence-electron chi connectivity index (χ3n) is 2.83. The van der Waals surface area contributed by atoms with E-state index in [9.17, 15) is 14.4 Å². The van der Waals surface area contributed by atoms with Gasteiger partial charge in [0.15, 0.2) is 0 Å². The molecule has 0 bridgehead atoms. The Kier molecular flexibility index (Phi) is 4.27. The summed E-state index contributed by atoms with van der Waals surface area (Å²) in [4.78, 5) is 35.6. The molecule has 1 aromatic carbocycles. The molecule has 2 rings (SSSR count). The lowest BCUT2D eigenvalue weighted by molar-refractivity contribution is -0.121. The molecule has 1 aliphatic heterocycles. The number of amides is 3. The smallest absolute Gasteiger partial charge is 0.258 e. The van der Waals surface area contributed by atoms with Gasteiger partial charge in [-0.25, -0.2) is 4.90 Å². The highest BCUT2D eigenvalue weighted by Gasteiger charge is 2.24. The molecule has 6 heteroatoms. The standard InChI is InChI=1S/C14H15N3O3/c15-7-8-16-12(18)9-10-1-3-11(4-2-10)17-13(19)5-6-14(17)20/h1-6H,7-9,15H2,(H,16,18). The number of nitrogens with one attached hydrogen (secondary N) is 1. The molecule has 0 aliphatic carbocycles. The van der Waals surface area contributed by atoms with Gasteiger partial charge in [-0.2, -0.15) is 0 Å². The van der Waals surface area contributed by atoms with Crippen LogP contribution in [0.3, 0.4) is 0 Å². The molecular formula is C14H15N3O3. The van der Waals surface area contributed by atoms with Crippen LogP contribution in [0.15, 0.2) is 36.4 Å². The zero-order valence-electron chi connectivity index (χ0n) is 10.8. The number of hydrogen-bond acceptors (Lipinski definition) is 4. The molecule has 0 saturated carbocycles. The van der Waals surface area contributed by atoms with Crippen molar-refractivity contribution in [3.63, 3.8) is 0 Å². The predicted molar refractivity (Wildman–Crippen MR) is 73.8 cm³/mol. The maximum absolute atomic E-state index is 11.5. The Hall–Kier alpha value is -2.47. The van der Waals surface area contributed by atoms with Crippen molar-refractivity contribution in [1.82, 2.24) is 5.32 Å². The number of hydrogen-bond donors (Lipinski definition) is 2. The van der Waals surface area contributed by atoms with Crippen LogP contribution in [0, 0.1) is 0 Å². The third-order valence-corrected chi connectivity index (χ3v) is 2.83. The molecule has 1 aliphatic rings. The molecule has 1 heterocycles. The number of rotatable bonds is 5. The number of carbonyl (C=O) groups is 3. The molecule has 0 atom stereocenters. The fourth-order valence-corrected chi connectivity index (χ4v) is 1.88. The lowest BCUT2D eigenvalue weighted by atomic mass is 10.1. The van der Waals surface area contributed by atoms with Crippen LogP contribution in [0.2, 0.25) is 0 Å². The second kappa shape index (κ2) is 6.12. The molecule has 1 aromatic rings. The molecule has 0 spiro atoms. The van der Waals surface area contributed by atoms with Crippen molar-refractivity contribution in [2.45, 2.75) is 6.42 Å². The summed E-state index contributed by atoms with van der Waals surface area (Å²) in [5, 5.41) is 2.67. The highest BCUT2D eigenvalue weighted by Crippen LogP contribution is 2.19. The van der Waals surface area contributed by atoms with Gasteiger partial charge in [-0.1, -0.05) is 12.1 Å². The Bertz CT molecular complexity index is 546. The number of anilines is 1. The van der Waals surface area contributed by atoms with Gasteiger partial charge in [0.25, 0.3) is 11.8 Å². The van der Waals surface area contributed by atoms with Crippen molar-refractivity contribution in [2.24, 2.45) is 5.73 Å². The SMILES string of the molecule is NCCNC(=O)Cc1ccc(N2C(=O)C=CC2=O)cc1. The van der Waals surface area contributed by atoms with E-state index in [2.05, 4.69) is 5.32 Å². The first-order valence-electron chi connectivity index (χ1n) is 6.23. The summed E-state index contributed by atoms with van der Waals surface area (Å²) in [5.41, 5.74) is 6.59. The summed E-state index contributed by atoms with van der Waals surface area (Å²) in [6, 6.07) is 6.73. The van der Waals surface area contributed by atoms with E-state index in [1.54, 1.807) is 24.3 Å². The summed E-state index contributed by atoms with van der Waals surface area (Å²) < 4.78 is 0. The Labute approximate surface area is 116 Å². The summed E-state index contributed by atoms with van der Waals surface area (Å²) >= 11 is 0. The molecule has 6 nitrogen and oxygen atoms in total. The maximum Gasteiger partial charge on any atom is 0.258 e. The summed E-state index contributed by atoms with van der Waals surface area (Å²) in [6.07, 6.45) is 2.70. The lowest BCUT2D eigenvalue weighted by Crippen LogP contribution is -2.30. The van der Waals surface area contributed by atoms with E-state index < -0.39 is 0 Å². The largest absolute Gasteiger partial charge is 0.355 e. The van der Waals surface area contributed by atoms with Gasteiger partial charge >= 0.3 is 0 Å². The average Bonchev–Trinajstić information content (AvgIpc) is 2.77. The zero-order chi connectivity index (χ0) is 14.5.